The predicted molar refractivity (Wildman–Crippen MR) is 101 cm³/mol. The molecule has 0 bridgehead atoms. The van der Waals surface area contributed by atoms with E-state index < -0.39 is 10.0 Å². The van der Waals surface area contributed by atoms with Crippen LogP contribution < -0.4 is 5.32 Å². The van der Waals surface area contributed by atoms with E-state index >= 15 is 0 Å². The second-order valence-electron chi connectivity index (χ2n) is 6.66. The molecule has 2 aromatic rings. The Hall–Kier alpha value is -1.42. The first kappa shape index (κ1) is 18.0. The van der Waals surface area contributed by atoms with Crippen molar-refractivity contribution in [2.24, 2.45) is 0 Å². The van der Waals surface area contributed by atoms with Gasteiger partial charge in [0.05, 0.1) is 11.4 Å². The molecule has 1 N–H and O–H groups in total. The molecule has 4 rings (SSSR count). The first-order valence-corrected chi connectivity index (χ1v) is 11.5. The van der Waals surface area contributed by atoms with Crippen LogP contribution >= 0.6 is 11.8 Å². The highest BCUT2D eigenvalue weighted by Crippen LogP contribution is 2.31. The normalized spacial score (nSPS) is 19.4. The fourth-order valence-corrected chi connectivity index (χ4v) is 5.73. The number of rotatable bonds is 4. The van der Waals surface area contributed by atoms with Crippen LogP contribution in [0.1, 0.15) is 30.4 Å². The lowest BCUT2D eigenvalue weighted by atomic mass is 9.97. The van der Waals surface area contributed by atoms with Crippen molar-refractivity contribution < 1.29 is 8.42 Å². The number of nitrogens with zero attached hydrogens (tertiary/aromatic N) is 4. The van der Waals surface area contributed by atoms with Gasteiger partial charge in [0.2, 0.25) is 10.0 Å². The van der Waals surface area contributed by atoms with Crippen LogP contribution in [0.25, 0.3) is 0 Å². The van der Waals surface area contributed by atoms with Crippen LogP contribution in [0.5, 0.6) is 0 Å². The number of nitrogens with one attached hydrogen (secondary N) is 1. The minimum Gasteiger partial charge on any atom is -0.312 e. The molecule has 140 valence electrons. The van der Waals surface area contributed by atoms with Crippen molar-refractivity contribution in [2.45, 2.75) is 41.6 Å². The van der Waals surface area contributed by atoms with Crippen molar-refractivity contribution in [3.05, 3.63) is 35.9 Å². The van der Waals surface area contributed by atoms with Gasteiger partial charge >= 0.3 is 0 Å². The number of hydrogen-bond acceptors (Lipinski definition) is 6. The molecule has 26 heavy (non-hydrogen) atoms. The summed E-state index contributed by atoms with van der Waals surface area (Å²) in [7, 11) is -3.44. The largest absolute Gasteiger partial charge is 0.312 e. The van der Waals surface area contributed by atoms with Crippen LogP contribution in [0.3, 0.4) is 0 Å². The Bertz CT molecular complexity index is 888. The maximum Gasteiger partial charge on any atom is 0.243 e. The summed E-state index contributed by atoms with van der Waals surface area (Å²) in [6, 6.07) is 7.18. The van der Waals surface area contributed by atoms with Gasteiger partial charge in [0, 0.05) is 37.0 Å². The molecule has 2 aliphatic heterocycles. The first-order chi connectivity index (χ1) is 12.6. The lowest BCUT2D eigenvalue weighted by Crippen LogP contribution is -2.38. The van der Waals surface area contributed by atoms with Crippen molar-refractivity contribution >= 4 is 21.8 Å². The Labute approximate surface area is 158 Å². The van der Waals surface area contributed by atoms with Gasteiger partial charge in [-0.2, -0.15) is 4.31 Å². The number of thioether (sulfide) groups is 1. The van der Waals surface area contributed by atoms with Crippen LogP contribution in [-0.4, -0.2) is 53.4 Å². The molecule has 1 aromatic heterocycles. The number of aromatic nitrogens is 3. The second kappa shape index (κ2) is 7.30. The zero-order valence-electron chi connectivity index (χ0n) is 14.8. The molecule has 9 heteroatoms. The van der Waals surface area contributed by atoms with Gasteiger partial charge in [-0.3, -0.25) is 0 Å². The Morgan fingerprint density at radius 2 is 2.00 bits per heavy atom. The Morgan fingerprint density at radius 3 is 2.77 bits per heavy atom. The molecule has 0 amide bonds. The van der Waals surface area contributed by atoms with E-state index in [4.69, 9.17) is 0 Å². The predicted octanol–water partition coefficient (Wildman–Crippen LogP) is 1.67. The molecular weight excluding hydrogens is 370 g/mol. The quantitative estimate of drug-likeness (QED) is 0.796. The molecule has 3 heterocycles. The molecule has 1 fully saturated rings. The van der Waals surface area contributed by atoms with Crippen LogP contribution in [-0.2, 0) is 23.1 Å². The summed E-state index contributed by atoms with van der Waals surface area (Å²) in [4.78, 5) is 1.35. The summed E-state index contributed by atoms with van der Waals surface area (Å²) in [6.45, 7) is 3.62. The van der Waals surface area contributed by atoms with E-state index in [0.717, 1.165) is 49.0 Å². The number of piperidine rings is 1. The molecule has 7 nitrogen and oxygen atoms in total. The molecule has 0 saturated carbocycles. The van der Waals surface area contributed by atoms with Gasteiger partial charge < -0.3 is 9.88 Å². The van der Waals surface area contributed by atoms with Crippen LogP contribution in [0.2, 0.25) is 0 Å². The van der Waals surface area contributed by atoms with Crippen molar-refractivity contribution in [1.29, 1.82) is 0 Å². The van der Waals surface area contributed by atoms with Gasteiger partial charge in [0.1, 0.15) is 11.6 Å². The summed E-state index contributed by atoms with van der Waals surface area (Å²) in [5.41, 5.74) is 0. The van der Waals surface area contributed by atoms with Crippen molar-refractivity contribution in [1.82, 2.24) is 24.4 Å². The van der Waals surface area contributed by atoms with Gasteiger partial charge in [0.15, 0.2) is 0 Å². The van der Waals surface area contributed by atoms with E-state index in [9.17, 15) is 8.42 Å². The Balaban J connectivity index is 1.48. The van der Waals surface area contributed by atoms with E-state index in [0.29, 0.717) is 18.0 Å². The molecular formula is C17H23N5O2S2. The molecule has 0 radical (unpaired) electrons. The van der Waals surface area contributed by atoms with Gasteiger partial charge in [-0.15, -0.1) is 22.0 Å². The zero-order valence-corrected chi connectivity index (χ0v) is 16.4. The lowest BCUT2D eigenvalue weighted by Gasteiger charge is -2.31. The van der Waals surface area contributed by atoms with E-state index in [1.165, 1.54) is 0 Å². The third-order valence-electron chi connectivity index (χ3n) is 5.15. The topological polar surface area (TPSA) is 80.1 Å². The number of hydrogen-bond donors (Lipinski definition) is 1. The fraction of sp³-hybridized carbons (Fsp3) is 0.529. The summed E-state index contributed by atoms with van der Waals surface area (Å²) in [5, 5.41) is 12.0. The highest BCUT2D eigenvalue weighted by Gasteiger charge is 2.32. The molecule has 0 unspecified atom stereocenters. The molecule has 2 aliphatic rings. The third kappa shape index (κ3) is 3.28. The molecule has 1 saturated heterocycles. The maximum atomic E-state index is 13.0. The minimum atomic E-state index is -3.44. The number of fused-ring (bicyclic) bond motifs is 1. The van der Waals surface area contributed by atoms with Crippen molar-refractivity contribution in [3.8, 4) is 0 Å². The van der Waals surface area contributed by atoms with Crippen molar-refractivity contribution in [2.75, 3.05) is 25.9 Å². The van der Waals surface area contributed by atoms with Gasteiger partial charge in [-0.1, -0.05) is 6.07 Å². The zero-order chi connectivity index (χ0) is 18.1. The highest BCUT2D eigenvalue weighted by molar-refractivity contribution is 7.98. The molecule has 0 atom stereocenters. The van der Waals surface area contributed by atoms with Crippen LogP contribution in [0.4, 0.5) is 0 Å². The Morgan fingerprint density at radius 1 is 1.19 bits per heavy atom. The summed E-state index contributed by atoms with van der Waals surface area (Å²) >= 11 is 1.55. The average Bonchev–Trinajstić information content (AvgIpc) is 3.12. The smallest absolute Gasteiger partial charge is 0.243 e. The van der Waals surface area contributed by atoms with Gasteiger partial charge in [-0.05, 0) is 37.3 Å². The Kier molecular flexibility index (Phi) is 5.05. The maximum absolute atomic E-state index is 13.0. The van der Waals surface area contributed by atoms with Crippen molar-refractivity contribution in [3.63, 3.8) is 0 Å². The van der Waals surface area contributed by atoms with E-state index in [2.05, 4.69) is 20.1 Å². The average molecular weight is 394 g/mol. The van der Waals surface area contributed by atoms with Crippen LogP contribution in [0.15, 0.2) is 34.1 Å². The first-order valence-electron chi connectivity index (χ1n) is 8.86. The van der Waals surface area contributed by atoms with Gasteiger partial charge in [0.25, 0.3) is 0 Å². The van der Waals surface area contributed by atoms with E-state index in [1.807, 2.05) is 18.4 Å². The second-order valence-corrected chi connectivity index (χ2v) is 9.48. The summed E-state index contributed by atoms with van der Waals surface area (Å²) in [6.07, 6.45) is 3.52. The highest BCUT2D eigenvalue weighted by atomic mass is 32.2. The monoisotopic (exact) mass is 393 g/mol. The molecule has 0 aliphatic carbocycles. The SMILES string of the molecule is CSc1cccc(S(=O)(=O)N2CCC(c3nnc4n3CCNC4)CC2)c1. The number of benzene rings is 1. The summed E-state index contributed by atoms with van der Waals surface area (Å²) in [5.74, 6) is 2.27. The lowest BCUT2D eigenvalue weighted by molar-refractivity contribution is 0.307. The van der Waals surface area contributed by atoms with Gasteiger partial charge in [-0.25, -0.2) is 8.42 Å². The standard InChI is InChI=1S/C17H23N5O2S2/c1-25-14-3-2-4-15(11-14)26(23,24)21-8-5-13(6-9-21)17-20-19-16-12-18-7-10-22(16)17/h2-4,11,13,18H,5-10,12H2,1H3. The molecule has 1 aromatic carbocycles. The number of sulfonamides is 1. The van der Waals surface area contributed by atoms with Crippen LogP contribution in [0, 0.1) is 0 Å². The van der Waals surface area contributed by atoms with E-state index in [-0.39, 0.29) is 5.92 Å². The fourth-order valence-electron chi connectivity index (χ4n) is 3.68. The third-order valence-corrected chi connectivity index (χ3v) is 7.77. The molecule has 0 spiro atoms. The summed E-state index contributed by atoms with van der Waals surface area (Å²) < 4.78 is 29.7. The minimum absolute atomic E-state index is 0.276. The van der Waals surface area contributed by atoms with E-state index in [1.54, 1.807) is 28.2 Å².